The first-order valence-electron chi connectivity index (χ1n) is 5.66. The fraction of sp³-hybridized carbons (Fsp3) is 0.500. The minimum absolute atomic E-state index is 0.0688. The van der Waals surface area contributed by atoms with Crippen LogP contribution in [0.4, 0.5) is 0 Å². The number of nitrogens with one attached hydrogen (secondary N) is 1. The zero-order chi connectivity index (χ0) is 10.1. The first kappa shape index (κ1) is 9.33. The Morgan fingerprint density at radius 2 is 2.00 bits per heavy atom. The van der Waals surface area contributed by atoms with Gasteiger partial charge in [0, 0.05) is 25.2 Å². The van der Waals surface area contributed by atoms with Crippen molar-refractivity contribution in [2.24, 2.45) is 0 Å². The van der Waals surface area contributed by atoms with E-state index in [1.807, 2.05) is 0 Å². The Balaban J connectivity index is 1.73. The standard InChI is InChI=1S/C12H16N2O/c1-2-6-11-10(5-1)9-13-12(11)15-14-7-3-4-8-14/h1-2,5-6,12-13H,3-4,7-9H2. The molecule has 15 heavy (non-hydrogen) atoms. The van der Waals surface area contributed by atoms with Gasteiger partial charge in [-0.1, -0.05) is 24.3 Å². The molecule has 2 aliphatic heterocycles. The van der Waals surface area contributed by atoms with Crippen LogP contribution in [-0.2, 0) is 11.4 Å². The van der Waals surface area contributed by atoms with Crippen molar-refractivity contribution in [3.8, 4) is 0 Å². The van der Waals surface area contributed by atoms with E-state index in [2.05, 4.69) is 34.6 Å². The van der Waals surface area contributed by atoms with Gasteiger partial charge >= 0.3 is 0 Å². The SMILES string of the molecule is c1ccc2c(c1)CNC2ON1CCCC1. The zero-order valence-corrected chi connectivity index (χ0v) is 8.78. The van der Waals surface area contributed by atoms with Crippen LogP contribution in [0, 0.1) is 0 Å². The maximum absolute atomic E-state index is 5.92. The molecule has 1 aromatic carbocycles. The van der Waals surface area contributed by atoms with E-state index < -0.39 is 0 Å². The predicted octanol–water partition coefficient (Wildman–Crippen LogP) is 1.82. The van der Waals surface area contributed by atoms with Crippen LogP contribution in [0.2, 0.25) is 0 Å². The molecule has 0 spiro atoms. The Kier molecular flexibility index (Phi) is 2.44. The maximum atomic E-state index is 5.92. The fourth-order valence-electron chi connectivity index (χ4n) is 2.30. The van der Waals surface area contributed by atoms with Crippen molar-refractivity contribution in [2.75, 3.05) is 13.1 Å². The largest absolute Gasteiger partial charge is 0.283 e. The molecule has 3 nitrogen and oxygen atoms in total. The number of nitrogens with zero attached hydrogens (tertiary/aromatic N) is 1. The Labute approximate surface area is 90.0 Å². The lowest BCUT2D eigenvalue weighted by Crippen LogP contribution is -2.27. The third-order valence-electron chi connectivity index (χ3n) is 3.13. The van der Waals surface area contributed by atoms with Gasteiger partial charge in [-0.25, -0.2) is 0 Å². The second-order valence-electron chi connectivity index (χ2n) is 4.20. The van der Waals surface area contributed by atoms with Crippen molar-refractivity contribution >= 4 is 0 Å². The summed E-state index contributed by atoms with van der Waals surface area (Å²) in [5.41, 5.74) is 2.66. The zero-order valence-electron chi connectivity index (χ0n) is 8.78. The van der Waals surface area contributed by atoms with Gasteiger partial charge in [0.2, 0.25) is 0 Å². The molecule has 1 atom stereocenters. The third kappa shape index (κ3) is 1.78. The Morgan fingerprint density at radius 3 is 2.87 bits per heavy atom. The lowest BCUT2D eigenvalue weighted by molar-refractivity contribution is -0.194. The smallest absolute Gasteiger partial charge is 0.156 e. The summed E-state index contributed by atoms with van der Waals surface area (Å²) in [5, 5.41) is 5.47. The summed E-state index contributed by atoms with van der Waals surface area (Å²) in [6.07, 6.45) is 2.59. The molecule has 1 N–H and O–H groups in total. The van der Waals surface area contributed by atoms with Crippen LogP contribution in [0.3, 0.4) is 0 Å². The molecular weight excluding hydrogens is 188 g/mol. The highest BCUT2D eigenvalue weighted by molar-refractivity contribution is 5.32. The van der Waals surface area contributed by atoms with Crippen LogP contribution in [0.25, 0.3) is 0 Å². The Morgan fingerprint density at radius 1 is 1.20 bits per heavy atom. The summed E-state index contributed by atoms with van der Waals surface area (Å²) >= 11 is 0. The molecule has 0 bridgehead atoms. The van der Waals surface area contributed by atoms with E-state index in [1.54, 1.807) is 0 Å². The lowest BCUT2D eigenvalue weighted by Gasteiger charge is -2.20. The first-order chi connectivity index (χ1) is 7.43. The molecule has 1 fully saturated rings. The van der Waals surface area contributed by atoms with Gasteiger partial charge in [-0.15, -0.1) is 0 Å². The molecule has 1 aromatic rings. The Bertz CT molecular complexity index is 347. The first-order valence-corrected chi connectivity index (χ1v) is 5.66. The highest BCUT2D eigenvalue weighted by Gasteiger charge is 2.25. The van der Waals surface area contributed by atoms with Crippen LogP contribution in [0.1, 0.15) is 30.2 Å². The summed E-state index contributed by atoms with van der Waals surface area (Å²) in [6.45, 7) is 3.06. The third-order valence-corrected chi connectivity index (χ3v) is 3.13. The minimum atomic E-state index is 0.0688. The van der Waals surface area contributed by atoms with Gasteiger partial charge in [-0.05, 0) is 18.4 Å². The molecule has 3 heteroatoms. The molecule has 3 rings (SSSR count). The van der Waals surface area contributed by atoms with E-state index in [9.17, 15) is 0 Å². The van der Waals surface area contributed by atoms with E-state index in [4.69, 9.17) is 4.84 Å². The van der Waals surface area contributed by atoms with Gasteiger partial charge in [-0.2, -0.15) is 5.06 Å². The van der Waals surface area contributed by atoms with Crippen LogP contribution in [-0.4, -0.2) is 18.2 Å². The molecule has 1 unspecified atom stereocenters. The molecule has 80 valence electrons. The summed E-state index contributed by atoms with van der Waals surface area (Å²) < 4.78 is 0. The van der Waals surface area contributed by atoms with Gasteiger partial charge in [0.25, 0.3) is 0 Å². The average molecular weight is 204 g/mol. The van der Waals surface area contributed by atoms with Crippen LogP contribution >= 0.6 is 0 Å². The quantitative estimate of drug-likeness (QED) is 0.795. The molecular formula is C12H16N2O. The summed E-state index contributed by atoms with van der Waals surface area (Å²) in [4.78, 5) is 5.92. The van der Waals surface area contributed by atoms with E-state index in [0.29, 0.717) is 0 Å². The van der Waals surface area contributed by atoms with Crippen molar-refractivity contribution < 1.29 is 4.84 Å². The normalized spacial score (nSPS) is 25.7. The molecule has 2 heterocycles. The average Bonchev–Trinajstić information content (AvgIpc) is 2.89. The van der Waals surface area contributed by atoms with Gasteiger partial charge in [0.15, 0.2) is 6.23 Å². The number of hydrogen-bond donors (Lipinski definition) is 1. The molecule has 2 aliphatic rings. The minimum Gasteiger partial charge on any atom is -0.283 e. The van der Waals surface area contributed by atoms with E-state index in [0.717, 1.165) is 19.6 Å². The van der Waals surface area contributed by atoms with Gasteiger partial charge < -0.3 is 0 Å². The highest BCUT2D eigenvalue weighted by Crippen LogP contribution is 2.27. The topological polar surface area (TPSA) is 24.5 Å². The van der Waals surface area contributed by atoms with Crippen LogP contribution in [0.5, 0.6) is 0 Å². The van der Waals surface area contributed by atoms with E-state index in [1.165, 1.54) is 24.0 Å². The predicted molar refractivity (Wildman–Crippen MR) is 57.9 cm³/mol. The number of fused-ring (bicyclic) bond motifs is 1. The van der Waals surface area contributed by atoms with Crippen molar-refractivity contribution in [1.82, 2.24) is 10.4 Å². The Hall–Kier alpha value is -0.900. The molecule has 0 aliphatic carbocycles. The second kappa shape index (κ2) is 3.93. The maximum Gasteiger partial charge on any atom is 0.156 e. The number of rotatable bonds is 2. The summed E-state index contributed by atoms with van der Waals surface area (Å²) in [6, 6.07) is 8.47. The van der Waals surface area contributed by atoms with Crippen LogP contribution < -0.4 is 5.32 Å². The molecule has 0 radical (unpaired) electrons. The van der Waals surface area contributed by atoms with Gasteiger partial charge in [0.1, 0.15) is 0 Å². The van der Waals surface area contributed by atoms with Crippen molar-refractivity contribution in [3.05, 3.63) is 35.4 Å². The van der Waals surface area contributed by atoms with Crippen molar-refractivity contribution in [3.63, 3.8) is 0 Å². The van der Waals surface area contributed by atoms with Crippen LogP contribution in [0.15, 0.2) is 24.3 Å². The summed E-state index contributed by atoms with van der Waals surface area (Å²) in [5.74, 6) is 0. The van der Waals surface area contributed by atoms with E-state index in [-0.39, 0.29) is 6.23 Å². The summed E-state index contributed by atoms with van der Waals surface area (Å²) in [7, 11) is 0. The number of benzene rings is 1. The highest BCUT2D eigenvalue weighted by atomic mass is 16.7. The lowest BCUT2D eigenvalue weighted by atomic mass is 10.1. The second-order valence-corrected chi connectivity index (χ2v) is 4.20. The molecule has 0 saturated carbocycles. The van der Waals surface area contributed by atoms with Crippen molar-refractivity contribution in [1.29, 1.82) is 0 Å². The molecule has 1 saturated heterocycles. The number of hydroxylamine groups is 2. The van der Waals surface area contributed by atoms with Crippen molar-refractivity contribution in [2.45, 2.75) is 25.6 Å². The van der Waals surface area contributed by atoms with Gasteiger partial charge in [-0.3, -0.25) is 10.2 Å². The fourth-order valence-corrected chi connectivity index (χ4v) is 2.30. The number of hydrogen-bond acceptors (Lipinski definition) is 3. The van der Waals surface area contributed by atoms with Gasteiger partial charge in [0.05, 0.1) is 0 Å². The molecule has 0 aromatic heterocycles. The monoisotopic (exact) mass is 204 g/mol. The molecule has 0 amide bonds. The van der Waals surface area contributed by atoms with E-state index >= 15 is 0 Å².